The average Bonchev–Trinajstić information content (AvgIpc) is 3.06. The summed E-state index contributed by atoms with van der Waals surface area (Å²) in [6, 6.07) is 5.93. The van der Waals surface area contributed by atoms with Gasteiger partial charge in [0.2, 0.25) is 0 Å². The van der Waals surface area contributed by atoms with Gasteiger partial charge in [-0.3, -0.25) is 4.79 Å². The molecule has 0 spiro atoms. The number of methoxy groups -OCH3 is 1. The number of benzene rings is 1. The van der Waals surface area contributed by atoms with Crippen LogP contribution in [0.1, 0.15) is 59.9 Å². The maximum Gasteiger partial charge on any atom is 0.417 e. The molecule has 0 radical (unpaired) electrons. The van der Waals surface area contributed by atoms with Crippen molar-refractivity contribution in [3.63, 3.8) is 0 Å². The number of hydrogen-bond donors (Lipinski definition) is 1. The number of hydrogen-bond acceptors (Lipinski definition) is 5. The van der Waals surface area contributed by atoms with Crippen molar-refractivity contribution in [2.75, 3.05) is 7.11 Å². The van der Waals surface area contributed by atoms with E-state index >= 15 is 0 Å². The van der Waals surface area contributed by atoms with Crippen LogP contribution in [0.4, 0.5) is 4.79 Å². The minimum Gasteiger partial charge on any atom is -0.443 e. The molecule has 8 heteroatoms. The van der Waals surface area contributed by atoms with Gasteiger partial charge in [-0.1, -0.05) is 43.2 Å². The minimum absolute atomic E-state index is 0.477. The molecule has 0 fully saturated rings. The zero-order valence-electron chi connectivity index (χ0n) is 21.5. The quantitative estimate of drug-likeness (QED) is 0.536. The zero-order chi connectivity index (χ0) is 25.7. The molecule has 0 aliphatic carbocycles. The van der Waals surface area contributed by atoms with Gasteiger partial charge in [0.05, 0.1) is 22.6 Å². The first-order valence-electron chi connectivity index (χ1n) is 11.6. The Morgan fingerprint density at radius 1 is 1.24 bits per heavy atom. The van der Waals surface area contributed by atoms with Crippen LogP contribution in [0.15, 0.2) is 53.0 Å². The summed E-state index contributed by atoms with van der Waals surface area (Å²) >= 11 is 0. The highest BCUT2D eigenvalue weighted by molar-refractivity contribution is 7.83. The van der Waals surface area contributed by atoms with Gasteiger partial charge in [0.15, 0.2) is 0 Å². The van der Waals surface area contributed by atoms with Crippen molar-refractivity contribution in [2.24, 2.45) is 0 Å². The summed E-state index contributed by atoms with van der Waals surface area (Å²) in [5.41, 5.74) is 0.0510. The Balaban J connectivity index is 2.59. The number of aryl methyl sites for hydroxylation is 1. The van der Waals surface area contributed by atoms with Gasteiger partial charge in [0, 0.05) is 13.2 Å². The molecule has 4 atom stereocenters. The Labute approximate surface area is 206 Å². The molecule has 1 aromatic rings. The molecule has 1 unspecified atom stereocenters. The van der Waals surface area contributed by atoms with E-state index in [0.29, 0.717) is 16.9 Å². The Kier molecular flexibility index (Phi) is 9.39. The van der Waals surface area contributed by atoms with Crippen LogP contribution >= 0.6 is 0 Å². The van der Waals surface area contributed by atoms with E-state index < -0.39 is 46.3 Å². The monoisotopic (exact) mass is 490 g/mol. The molecule has 0 bridgehead atoms. The minimum atomic E-state index is -1.62. The molecule has 1 heterocycles. The first-order chi connectivity index (χ1) is 15.9. The molecule has 2 amide bonds. The predicted octanol–water partition coefficient (Wildman–Crippen LogP) is 4.83. The smallest absolute Gasteiger partial charge is 0.417 e. The van der Waals surface area contributed by atoms with E-state index in [0.717, 1.165) is 16.9 Å². The molecule has 1 N–H and O–H groups in total. The fourth-order valence-electron chi connectivity index (χ4n) is 4.03. The van der Waals surface area contributed by atoms with Crippen molar-refractivity contribution in [1.82, 2.24) is 9.62 Å². The van der Waals surface area contributed by atoms with Crippen LogP contribution in [0.25, 0.3) is 0 Å². The molecule has 2 rings (SSSR count). The van der Waals surface area contributed by atoms with Crippen molar-refractivity contribution in [3.05, 3.63) is 53.6 Å². The number of carbonyl (C=O) groups is 2. The van der Waals surface area contributed by atoms with Gasteiger partial charge in [0.25, 0.3) is 5.91 Å². The summed E-state index contributed by atoms with van der Waals surface area (Å²) in [5.74, 6) is -0.477. The summed E-state index contributed by atoms with van der Waals surface area (Å²) in [6.07, 6.45) is 5.68. The lowest BCUT2D eigenvalue weighted by molar-refractivity contribution is -0.127. The number of amides is 2. The van der Waals surface area contributed by atoms with Crippen LogP contribution in [0.3, 0.4) is 0 Å². The summed E-state index contributed by atoms with van der Waals surface area (Å²) < 4.78 is 28.2. The molecule has 188 valence electrons. The molecule has 34 heavy (non-hydrogen) atoms. The average molecular weight is 491 g/mol. The third-order valence-corrected chi connectivity index (χ3v) is 6.92. The molecule has 1 aliphatic rings. The Morgan fingerprint density at radius 2 is 1.85 bits per heavy atom. The lowest BCUT2D eigenvalue weighted by Gasteiger charge is -2.43. The van der Waals surface area contributed by atoms with Gasteiger partial charge < -0.3 is 9.47 Å². The second-order valence-corrected chi connectivity index (χ2v) is 11.0. The predicted molar refractivity (Wildman–Crippen MR) is 135 cm³/mol. The third kappa shape index (κ3) is 6.64. The number of rotatable bonds is 9. The highest BCUT2D eigenvalue weighted by Gasteiger charge is 2.50. The highest BCUT2D eigenvalue weighted by atomic mass is 32.2. The van der Waals surface area contributed by atoms with Crippen LogP contribution in [-0.2, 0) is 25.3 Å². The molecular formula is C26H38N2O5S. The highest BCUT2D eigenvalue weighted by Crippen LogP contribution is 2.34. The van der Waals surface area contributed by atoms with Gasteiger partial charge in [-0.15, -0.1) is 0 Å². The van der Waals surface area contributed by atoms with Crippen molar-refractivity contribution in [3.8, 4) is 0 Å². The second-order valence-electron chi connectivity index (χ2n) is 9.72. The van der Waals surface area contributed by atoms with Crippen molar-refractivity contribution < 1.29 is 23.3 Å². The SMILES string of the molecule is C/C=C\C1=CC(=O)N(C(=O)OC(C)(C)C)[C@H]1C(N[S@](=O)c1ccc(C)cc1)[C@](C)(CCC)OC. The van der Waals surface area contributed by atoms with E-state index in [1.165, 1.54) is 6.08 Å². The number of carbonyl (C=O) groups excluding carboxylic acids is 2. The normalized spacial score (nSPS) is 20.2. The number of allylic oxidation sites excluding steroid dienone is 1. The van der Waals surface area contributed by atoms with Gasteiger partial charge in [-0.2, -0.15) is 0 Å². The summed E-state index contributed by atoms with van der Waals surface area (Å²) in [4.78, 5) is 27.9. The first-order valence-corrected chi connectivity index (χ1v) is 12.7. The number of nitrogens with zero attached hydrogens (tertiary/aromatic N) is 1. The fraction of sp³-hybridized carbons (Fsp3) is 0.538. The van der Waals surface area contributed by atoms with Gasteiger partial charge in [-0.25, -0.2) is 18.6 Å². The Bertz CT molecular complexity index is 964. The fourth-order valence-corrected chi connectivity index (χ4v) is 5.16. The molecular weight excluding hydrogens is 452 g/mol. The largest absolute Gasteiger partial charge is 0.443 e. The lowest BCUT2D eigenvalue weighted by Crippen LogP contribution is -2.62. The van der Waals surface area contributed by atoms with Gasteiger partial charge in [-0.05, 0) is 65.7 Å². The third-order valence-electron chi connectivity index (χ3n) is 5.75. The summed E-state index contributed by atoms with van der Waals surface area (Å²) in [7, 11) is -0.0281. The van der Waals surface area contributed by atoms with Crippen LogP contribution in [0.5, 0.6) is 0 Å². The van der Waals surface area contributed by atoms with E-state index in [-0.39, 0.29) is 0 Å². The zero-order valence-corrected chi connectivity index (χ0v) is 22.3. The van der Waals surface area contributed by atoms with Crippen molar-refractivity contribution in [1.29, 1.82) is 0 Å². The molecule has 0 saturated carbocycles. The molecule has 1 aliphatic heterocycles. The number of nitrogens with one attached hydrogen (secondary N) is 1. The van der Waals surface area contributed by atoms with E-state index in [2.05, 4.69) is 4.72 Å². The van der Waals surface area contributed by atoms with Crippen molar-refractivity contribution in [2.45, 2.75) is 89.5 Å². The van der Waals surface area contributed by atoms with Crippen molar-refractivity contribution >= 4 is 23.0 Å². The maximum atomic E-state index is 13.4. The molecule has 1 aromatic carbocycles. The van der Waals surface area contributed by atoms with Crippen LogP contribution in [0.2, 0.25) is 0 Å². The van der Waals surface area contributed by atoms with Crippen LogP contribution in [-0.4, -0.2) is 51.5 Å². The molecule has 0 saturated heterocycles. The standard InChI is InChI=1S/C26H38N2O5S/c1-9-11-19-17-21(29)28(24(30)33-25(4,5)6)22(19)23(26(7,32-8)16-10-2)27-34(31)20-14-12-18(3)13-15-20/h9,11-15,17,22-23,27H,10,16H2,1-8H3/b11-9-/t22-,23?,26+,34-/m1/s1. The topological polar surface area (TPSA) is 84.9 Å². The van der Waals surface area contributed by atoms with E-state index in [1.54, 1.807) is 46.1 Å². The second kappa shape index (κ2) is 11.4. The summed E-state index contributed by atoms with van der Waals surface area (Å²) in [5, 5.41) is 0. The number of imide groups is 1. The van der Waals surface area contributed by atoms with Gasteiger partial charge in [0.1, 0.15) is 16.6 Å². The molecule has 7 nitrogen and oxygen atoms in total. The lowest BCUT2D eigenvalue weighted by atomic mass is 9.84. The Hall–Kier alpha value is -2.29. The summed E-state index contributed by atoms with van der Waals surface area (Å²) in [6.45, 7) is 13.0. The first kappa shape index (κ1) is 28.0. The maximum absolute atomic E-state index is 13.4. The van der Waals surface area contributed by atoms with Gasteiger partial charge >= 0.3 is 6.09 Å². The van der Waals surface area contributed by atoms with E-state index in [9.17, 15) is 13.8 Å². The van der Waals surface area contributed by atoms with Crippen LogP contribution in [0, 0.1) is 6.92 Å². The number of ether oxygens (including phenoxy) is 2. The van der Waals surface area contributed by atoms with E-state index in [4.69, 9.17) is 9.47 Å². The van der Waals surface area contributed by atoms with E-state index in [1.807, 2.05) is 45.9 Å². The Morgan fingerprint density at radius 3 is 2.35 bits per heavy atom. The molecule has 0 aromatic heterocycles. The van der Waals surface area contributed by atoms with Crippen LogP contribution < -0.4 is 4.72 Å².